The number of nitrogens with one attached hydrogen (secondary N) is 1. The summed E-state index contributed by atoms with van der Waals surface area (Å²) < 4.78 is 5.45. The van der Waals surface area contributed by atoms with Crippen molar-refractivity contribution in [2.75, 3.05) is 20.2 Å². The second-order valence-electron chi connectivity index (χ2n) is 5.40. The van der Waals surface area contributed by atoms with E-state index in [9.17, 15) is 4.79 Å². The molecule has 0 saturated carbocycles. The summed E-state index contributed by atoms with van der Waals surface area (Å²) in [5.41, 5.74) is 1.24. The molecular weight excluding hydrogens is 252 g/mol. The minimum atomic E-state index is 0.247. The highest BCUT2D eigenvalue weighted by atomic mass is 16.5. The van der Waals surface area contributed by atoms with Gasteiger partial charge in [0.05, 0.1) is 6.61 Å². The third kappa shape index (κ3) is 3.73. The Morgan fingerprint density at radius 1 is 1.40 bits per heavy atom. The van der Waals surface area contributed by atoms with Crippen LogP contribution in [-0.2, 0) is 4.79 Å². The van der Waals surface area contributed by atoms with Gasteiger partial charge in [-0.1, -0.05) is 12.1 Å². The maximum atomic E-state index is 11.5. The number of hydrogen-bond acceptors (Lipinski definition) is 3. The molecular formula is C16H24N2O2. The zero-order valence-corrected chi connectivity index (χ0v) is 12.6. The first-order chi connectivity index (χ1) is 9.60. The maximum Gasteiger partial charge on any atom is 0.222 e. The molecule has 1 saturated heterocycles. The fourth-order valence-electron chi connectivity index (χ4n) is 2.62. The fourth-order valence-corrected chi connectivity index (χ4v) is 2.62. The summed E-state index contributed by atoms with van der Waals surface area (Å²) in [6.07, 6.45) is 1.56. The van der Waals surface area contributed by atoms with Crippen molar-refractivity contribution in [2.45, 2.75) is 38.8 Å². The van der Waals surface area contributed by atoms with Crippen molar-refractivity contribution in [1.29, 1.82) is 0 Å². The predicted octanol–water partition coefficient (Wildman–Crippen LogP) is 2.36. The lowest BCUT2D eigenvalue weighted by atomic mass is 10.0. The Hall–Kier alpha value is -1.55. The van der Waals surface area contributed by atoms with Gasteiger partial charge in [-0.05, 0) is 38.0 Å². The number of amides is 1. The molecule has 0 spiro atoms. The topological polar surface area (TPSA) is 41.6 Å². The van der Waals surface area contributed by atoms with Crippen LogP contribution < -0.4 is 10.1 Å². The Kier molecular flexibility index (Phi) is 5.01. The van der Waals surface area contributed by atoms with E-state index >= 15 is 0 Å². The number of carbonyl (C=O) groups excluding carboxylic acids is 1. The third-order valence-electron chi connectivity index (χ3n) is 3.80. The van der Waals surface area contributed by atoms with Crippen LogP contribution in [0.15, 0.2) is 24.3 Å². The molecule has 0 aromatic heterocycles. The van der Waals surface area contributed by atoms with E-state index in [1.807, 2.05) is 31.0 Å². The zero-order chi connectivity index (χ0) is 14.5. The molecule has 4 heteroatoms. The summed E-state index contributed by atoms with van der Waals surface area (Å²) in [4.78, 5) is 13.3. The summed E-state index contributed by atoms with van der Waals surface area (Å²) in [7, 11) is 1.87. The summed E-state index contributed by atoms with van der Waals surface area (Å²) in [5.74, 6) is 1.16. The molecule has 0 bridgehead atoms. The summed E-state index contributed by atoms with van der Waals surface area (Å²) in [6, 6.07) is 8.86. The van der Waals surface area contributed by atoms with Gasteiger partial charge in [-0.15, -0.1) is 0 Å². The molecule has 1 aliphatic rings. The van der Waals surface area contributed by atoms with Crippen LogP contribution in [-0.4, -0.2) is 37.0 Å². The summed E-state index contributed by atoms with van der Waals surface area (Å²) in [6.45, 7) is 5.63. The SMILES string of the molecule is CCOc1ccc(C(C)NC2CCC(=O)N(C)C2)cc1. The molecule has 4 nitrogen and oxygen atoms in total. The van der Waals surface area contributed by atoms with Gasteiger partial charge in [0.25, 0.3) is 0 Å². The van der Waals surface area contributed by atoms with E-state index in [0.29, 0.717) is 19.1 Å². The first-order valence-corrected chi connectivity index (χ1v) is 7.33. The standard InChI is InChI=1S/C16H24N2O2/c1-4-20-15-8-5-13(6-9-15)12(2)17-14-7-10-16(19)18(3)11-14/h5-6,8-9,12,14,17H,4,7,10-11H2,1-3H3. The smallest absolute Gasteiger partial charge is 0.222 e. The van der Waals surface area contributed by atoms with Crippen LogP contribution >= 0.6 is 0 Å². The fraction of sp³-hybridized carbons (Fsp3) is 0.562. The molecule has 110 valence electrons. The Balaban J connectivity index is 1.91. The number of benzene rings is 1. The van der Waals surface area contributed by atoms with Crippen LogP contribution in [0.4, 0.5) is 0 Å². The lowest BCUT2D eigenvalue weighted by molar-refractivity contribution is -0.132. The van der Waals surface area contributed by atoms with E-state index < -0.39 is 0 Å². The van der Waals surface area contributed by atoms with Gasteiger partial charge in [0, 0.05) is 32.1 Å². The van der Waals surface area contributed by atoms with Crippen LogP contribution in [0.3, 0.4) is 0 Å². The lowest BCUT2D eigenvalue weighted by Crippen LogP contribution is -2.47. The Bertz CT molecular complexity index is 444. The van der Waals surface area contributed by atoms with E-state index in [0.717, 1.165) is 18.7 Å². The van der Waals surface area contributed by atoms with E-state index in [1.54, 1.807) is 0 Å². The number of piperidine rings is 1. The molecule has 0 radical (unpaired) electrons. The van der Waals surface area contributed by atoms with Crippen molar-refractivity contribution in [3.8, 4) is 5.75 Å². The van der Waals surface area contributed by atoms with E-state index in [1.165, 1.54) is 5.56 Å². The highest BCUT2D eigenvalue weighted by Gasteiger charge is 2.23. The normalized spacial score (nSPS) is 20.9. The van der Waals surface area contributed by atoms with Gasteiger partial charge in [0.2, 0.25) is 5.91 Å². The minimum absolute atomic E-state index is 0.247. The molecule has 20 heavy (non-hydrogen) atoms. The highest BCUT2D eigenvalue weighted by Crippen LogP contribution is 2.20. The number of carbonyl (C=O) groups is 1. The van der Waals surface area contributed by atoms with Crippen LogP contribution in [0, 0.1) is 0 Å². The molecule has 2 atom stereocenters. The monoisotopic (exact) mass is 276 g/mol. The Morgan fingerprint density at radius 3 is 2.70 bits per heavy atom. The van der Waals surface area contributed by atoms with Crippen molar-refractivity contribution < 1.29 is 9.53 Å². The second kappa shape index (κ2) is 6.75. The van der Waals surface area contributed by atoms with Crippen molar-refractivity contribution in [3.63, 3.8) is 0 Å². The lowest BCUT2D eigenvalue weighted by Gasteiger charge is -2.32. The van der Waals surface area contributed by atoms with E-state index in [-0.39, 0.29) is 11.9 Å². The van der Waals surface area contributed by atoms with Crippen LogP contribution in [0.1, 0.15) is 38.3 Å². The van der Waals surface area contributed by atoms with E-state index in [4.69, 9.17) is 4.74 Å². The van der Waals surface area contributed by atoms with Crippen LogP contribution in [0.25, 0.3) is 0 Å². The molecule has 1 aromatic carbocycles. The number of likely N-dealkylation sites (N-methyl/N-ethyl adjacent to an activating group) is 1. The van der Waals surface area contributed by atoms with Crippen molar-refractivity contribution in [1.82, 2.24) is 10.2 Å². The summed E-state index contributed by atoms with van der Waals surface area (Å²) in [5, 5.41) is 3.60. The van der Waals surface area contributed by atoms with Crippen molar-refractivity contribution in [2.24, 2.45) is 0 Å². The molecule has 2 unspecified atom stereocenters. The zero-order valence-electron chi connectivity index (χ0n) is 12.6. The number of likely N-dealkylation sites (tertiary alicyclic amines) is 1. The maximum absolute atomic E-state index is 11.5. The van der Waals surface area contributed by atoms with Gasteiger partial charge in [-0.25, -0.2) is 0 Å². The molecule has 1 aliphatic heterocycles. The molecule has 1 N–H and O–H groups in total. The van der Waals surface area contributed by atoms with E-state index in [2.05, 4.69) is 24.4 Å². The van der Waals surface area contributed by atoms with Gasteiger partial charge in [0.1, 0.15) is 5.75 Å². The quantitative estimate of drug-likeness (QED) is 0.897. The number of ether oxygens (including phenoxy) is 1. The van der Waals surface area contributed by atoms with Crippen molar-refractivity contribution in [3.05, 3.63) is 29.8 Å². The minimum Gasteiger partial charge on any atom is -0.494 e. The molecule has 1 aromatic rings. The summed E-state index contributed by atoms with van der Waals surface area (Å²) >= 11 is 0. The highest BCUT2D eigenvalue weighted by molar-refractivity contribution is 5.76. The van der Waals surface area contributed by atoms with Gasteiger partial charge >= 0.3 is 0 Å². The Labute approximate surface area is 121 Å². The molecule has 2 rings (SSSR count). The van der Waals surface area contributed by atoms with Gasteiger partial charge in [-0.3, -0.25) is 4.79 Å². The molecule has 0 aliphatic carbocycles. The third-order valence-corrected chi connectivity index (χ3v) is 3.80. The van der Waals surface area contributed by atoms with Gasteiger partial charge < -0.3 is 15.0 Å². The number of hydrogen-bond donors (Lipinski definition) is 1. The Morgan fingerprint density at radius 2 is 2.10 bits per heavy atom. The van der Waals surface area contributed by atoms with Crippen LogP contribution in [0.2, 0.25) is 0 Å². The van der Waals surface area contributed by atoms with Crippen LogP contribution in [0.5, 0.6) is 5.75 Å². The second-order valence-corrected chi connectivity index (χ2v) is 5.40. The molecule has 1 heterocycles. The average molecular weight is 276 g/mol. The molecule has 1 amide bonds. The first kappa shape index (κ1) is 14.9. The largest absolute Gasteiger partial charge is 0.494 e. The molecule has 1 fully saturated rings. The van der Waals surface area contributed by atoms with Gasteiger partial charge in [-0.2, -0.15) is 0 Å². The average Bonchev–Trinajstić information content (AvgIpc) is 2.44. The first-order valence-electron chi connectivity index (χ1n) is 7.33. The van der Waals surface area contributed by atoms with Crippen molar-refractivity contribution >= 4 is 5.91 Å². The predicted molar refractivity (Wildman–Crippen MR) is 79.8 cm³/mol. The number of rotatable bonds is 5. The van der Waals surface area contributed by atoms with Gasteiger partial charge in [0.15, 0.2) is 0 Å². The number of nitrogens with zero attached hydrogens (tertiary/aromatic N) is 1.